The van der Waals surface area contributed by atoms with Crippen LogP contribution in [0.4, 0.5) is 17.1 Å². The quantitative estimate of drug-likeness (QED) is 0.250. The number of para-hydroxylation sites is 2. The molecular weight excluding hydrogens is 472 g/mol. The summed E-state index contributed by atoms with van der Waals surface area (Å²) in [7, 11) is 0. The molecule has 1 aromatic heterocycles. The van der Waals surface area contributed by atoms with Crippen LogP contribution in [0.3, 0.4) is 0 Å². The zero-order chi connectivity index (χ0) is 26.1. The van der Waals surface area contributed by atoms with E-state index in [4.69, 9.17) is 0 Å². The van der Waals surface area contributed by atoms with Gasteiger partial charge < -0.3 is 9.88 Å². The summed E-state index contributed by atoms with van der Waals surface area (Å²) in [6.07, 6.45) is 5.60. The molecule has 1 N–H and O–H groups in total. The van der Waals surface area contributed by atoms with Crippen LogP contribution in [-0.4, -0.2) is 4.98 Å². The summed E-state index contributed by atoms with van der Waals surface area (Å²) >= 11 is 0. The Morgan fingerprint density at radius 1 is 0.744 bits per heavy atom. The average Bonchev–Trinajstić information content (AvgIpc) is 3.37. The van der Waals surface area contributed by atoms with Gasteiger partial charge >= 0.3 is 0 Å². The van der Waals surface area contributed by atoms with Crippen LogP contribution in [0, 0.1) is 0 Å². The van der Waals surface area contributed by atoms with Crippen molar-refractivity contribution in [2.24, 2.45) is 0 Å². The Labute approximate surface area is 229 Å². The van der Waals surface area contributed by atoms with Crippen LogP contribution >= 0.6 is 0 Å². The zero-order valence-electron chi connectivity index (χ0n) is 22.3. The van der Waals surface area contributed by atoms with Crippen molar-refractivity contribution in [2.45, 2.75) is 31.6 Å². The Hall–Kier alpha value is -4.56. The third-order valence-electron chi connectivity index (χ3n) is 8.93. The highest BCUT2D eigenvalue weighted by atomic mass is 15.2. The van der Waals surface area contributed by atoms with Crippen molar-refractivity contribution in [3.05, 3.63) is 143 Å². The van der Waals surface area contributed by atoms with Crippen molar-refractivity contribution in [3.63, 3.8) is 0 Å². The fraction of sp³-hybridized carbons (Fsp3) is 0.135. The standard InChI is InChI=1S/C37H30N2/c1-37(2)29-16-8-9-18-33(29)39(26-12-4-3-5-13-26)34-23-25(19-21-30(34)37)28-15-10-17-31-36(28)35-27-14-7-6-11-24(27)20-22-32(35)38-31/h3-14,16-23,28,38H,15H2,1-2H3. The lowest BCUT2D eigenvalue weighted by Gasteiger charge is -2.42. The molecule has 2 heterocycles. The third-order valence-corrected chi connectivity index (χ3v) is 8.93. The van der Waals surface area contributed by atoms with E-state index >= 15 is 0 Å². The third kappa shape index (κ3) is 3.21. The van der Waals surface area contributed by atoms with Crippen LogP contribution < -0.4 is 4.90 Å². The minimum absolute atomic E-state index is 0.0929. The largest absolute Gasteiger partial charge is 0.355 e. The number of rotatable bonds is 2. The monoisotopic (exact) mass is 502 g/mol. The smallest absolute Gasteiger partial charge is 0.0505 e. The summed E-state index contributed by atoms with van der Waals surface area (Å²) in [6, 6.07) is 40.2. The van der Waals surface area contributed by atoms with Crippen molar-refractivity contribution in [1.82, 2.24) is 4.98 Å². The number of hydrogen-bond acceptors (Lipinski definition) is 1. The molecule has 0 saturated carbocycles. The summed E-state index contributed by atoms with van der Waals surface area (Å²) in [4.78, 5) is 6.20. The summed E-state index contributed by atoms with van der Waals surface area (Å²) < 4.78 is 0. The normalized spacial score (nSPS) is 17.2. The zero-order valence-corrected chi connectivity index (χ0v) is 22.3. The van der Waals surface area contributed by atoms with Crippen molar-refractivity contribution >= 4 is 44.8 Å². The molecule has 1 atom stereocenters. The molecule has 2 aliphatic rings. The van der Waals surface area contributed by atoms with Gasteiger partial charge in [-0.2, -0.15) is 0 Å². The molecule has 0 saturated heterocycles. The van der Waals surface area contributed by atoms with Crippen LogP contribution in [0.25, 0.3) is 27.8 Å². The molecule has 2 heteroatoms. The minimum Gasteiger partial charge on any atom is -0.355 e. The van der Waals surface area contributed by atoms with Gasteiger partial charge in [0.1, 0.15) is 0 Å². The van der Waals surface area contributed by atoms with Crippen molar-refractivity contribution < 1.29 is 0 Å². The molecule has 0 spiro atoms. The topological polar surface area (TPSA) is 19.0 Å². The maximum atomic E-state index is 3.73. The number of nitrogens with zero attached hydrogens (tertiary/aromatic N) is 1. The number of fused-ring (bicyclic) bond motifs is 7. The van der Waals surface area contributed by atoms with Crippen molar-refractivity contribution in [1.29, 1.82) is 0 Å². The predicted octanol–water partition coefficient (Wildman–Crippen LogP) is 9.98. The lowest BCUT2D eigenvalue weighted by atomic mass is 9.72. The van der Waals surface area contributed by atoms with E-state index in [9.17, 15) is 0 Å². The number of anilines is 3. The van der Waals surface area contributed by atoms with Gasteiger partial charge in [0.05, 0.1) is 11.4 Å². The van der Waals surface area contributed by atoms with E-state index in [0.29, 0.717) is 0 Å². The first kappa shape index (κ1) is 22.4. The summed E-state index contributed by atoms with van der Waals surface area (Å²) in [5.41, 5.74) is 11.6. The van der Waals surface area contributed by atoms with E-state index in [2.05, 4.69) is 145 Å². The second-order valence-electron chi connectivity index (χ2n) is 11.4. The highest BCUT2D eigenvalue weighted by Gasteiger charge is 2.37. The summed E-state index contributed by atoms with van der Waals surface area (Å²) in [6.45, 7) is 4.72. The lowest BCUT2D eigenvalue weighted by Crippen LogP contribution is -2.30. The molecule has 8 rings (SSSR count). The van der Waals surface area contributed by atoms with Gasteiger partial charge in [0.2, 0.25) is 0 Å². The van der Waals surface area contributed by atoms with Crippen LogP contribution in [0.15, 0.2) is 115 Å². The summed E-state index contributed by atoms with van der Waals surface area (Å²) in [5, 5.41) is 3.98. The molecule has 39 heavy (non-hydrogen) atoms. The molecule has 1 aliphatic carbocycles. The highest BCUT2D eigenvalue weighted by molar-refractivity contribution is 6.10. The fourth-order valence-corrected chi connectivity index (χ4v) is 7.06. The molecule has 6 aromatic rings. The average molecular weight is 503 g/mol. The molecule has 1 unspecified atom stereocenters. The predicted molar refractivity (Wildman–Crippen MR) is 165 cm³/mol. The Balaban J connectivity index is 1.37. The maximum Gasteiger partial charge on any atom is 0.0505 e. The summed E-state index contributed by atoms with van der Waals surface area (Å²) in [5.74, 6) is 0.285. The number of benzene rings is 5. The molecule has 188 valence electrons. The second kappa shape index (κ2) is 8.22. The van der Waals surface area contributed by atoms with E-state index < -0.39 is 0 Å². The van der Waals surface area contributed by atoms with E-state index in [0.717, 1.165) is 6.42 Å². The first-order chi connectivity index (χ1) is 19.1. The van der Waals surface area contributed by atoms with Gasteiger partial charge in [-0.05, 0) is 75.9 Å². The molecule has 0 fully saturated rings. The van der Waals surface area contributed by atoms with Gasteiger partial charge in [-0.15, -0.1) is 0 Å². The molecule has 5 aromatic carbocycles. The number of allylic oxidation sites excluding steroid dienone is 1. The Kier molecular flexibility index (Phi) is 4.73. The van der Waals surface area contributed by atoms with Crippen LogP contribution in [0.5, 0.6) is 0 Å². The van der Waals surface area contributed by atoms with Crippen LogP contribution in [0.2, 0.25) is 0 Å². The maximum absolute atomic E-state index is 3.73. The Bertz CT molecular complexity index is 1920. The number of nitrogens with one attached hydrogen (secondary N) is 1. The van der Waals surface area contributed by atoms with Crippen LogP contribution in [0.1, 0.15) is 54.1 Å². The minimum atomic E-state index is -0.0929. The molecular formula is C37H30N2. The van der Waals surface area contributed by atoms with E-state index in [1.807, 2.05) is 0 Å². The molecule has 0 bridgehead atoms. The SMILES string of the molecule is CC1(C)c2ccccc2N(c2ccccc2)c2cc(C3CC=Cc4[nH]c5ccc6ccccc6c5c43)ccc21. The number of hydrogen-bond donors (Lipinski definition) is 1. The van der Waals surface area contributed by atoms with Crippen molar-refractivity contribution in [3.8, 4) is 0 Å². The number of aromatic nitrogens is 1. The molecule has 2 nitrogen and oxygen atoms in total. The Morgan fingerprint density at radius 2 is 1.51 bits per heavy atom. The number of aromatic amines is 1. The second-order valence-corrected chi connectivity index (χ2v) is 11.4. The number of H-pyrrole nitrogens is 1. The van der Waals surface area contributed by atoms with Gasteiger partial charge in [-0.25, -0.2) is 0 Å². The van der Waals surface area contributed by atoms with E-state index in [-0.39, 0.29) is 11.3 Å². The van der Waals surface area contributed by atoms with Gasteiger partial charge in [0.25, 0.3) is 0 Å². The van der Waals surface area contributed by atoms with Crippen LogP contribution in [-0.2, 0) is 5.41 Å². The van der Waals surface area contributed by atoms with Gasteiger partial charge in [-0.3, -0.25) is 0 Å². The first-order valence-corrected chi connectivity index (χ1v) is 13.9. The van der Waals surface area contributed by atoms with Gasteiger partial charge in [0, 0.05) is 33.6 Å². The Morgan fingerprint density at radius 3 is 2.41 bits per heavy atom. The van der Waals surface area contributed by atoms with E-state index in [1.165, 1.54) is 66.7 Å². The molecule has 0 radical (unpaired) electrons. The highest BCUT2D eigenvalue weighted by Crippen LogP contribution is 2.53. The first-order valence-electron chi connectivity index (χ1n) is 13.9. The molecule has 0 amide bonds. The van der Waals surface area contributed by atoms with Gasteiger partial charge in [0.15, 0.2) is 0 Å². The van der Waals surface area contributed by atoms with E-state index in [1.54, 1.807) is 0 Å². The van der Waals surface area contributed by atoms with Crippen molar-refractivity contribution in [2.75, 3.05) is 4.90 Å². The fourth-order valence-electron chi connectivity index (χ4n) is 7.06. The lowest BCUT2D eigenvalue weighted by molar-refractivity contribution is 0.631. The van der Waals surface area contributed by atoms with Gasteiger partial charge in [-0.1, -0.05) is 98.8 Å². The molecule has 1 aliphatic heterocycles.